The number of likely N-dealkylation sites (tertiary alicyclic amines) is 1. The van der Waals surface area contributed by atoms with Gasteiger partial charge in [0, 0.05) is 32.4 Å². The number of carboxylic acids is 2. The maximum atomic E-state index is 10.6. The lowest BCUT2D eigenvalue weighted by atomic mass is 10.0. The highest BCUT2D eigenvalue weighted by Gasteiger charge is 2.38. The number of aliphatic carboxylic acids is 2. The predicted molar refractivity (Wildman–Crippen MR) is 128 cm³/mol. The molecule has 0 spiro atoms. The van der Waals surface area contributed by atoms with E-state index in [0.29, 0.717) is 12.0 Å². The number of rotatable bonds is 4. The Labute approximate surface area is 224 Å². The number of piperidine rings is 2. The molecule has 12 nitrogen and oxygen atoms in total. The molecule has 2 aliphatic heterocycles. The summed E-state index contributed by atoms with van der Waals surface area (Å²) in [5, 5.41) is 23.1. The summed E-state index contributed by atoms with van der Waals surface area (Å²) in [5.74, 6) is -3.48. The third kappa shape index (κ3) is 10.8. The normalized spacial score (nSPS) is 18.7. The quantitative estimate of drug-likeness (QED) is 0.453. The minimum Gasteiger partial charge on any atom is -0.475 e. The number of anilines is 2. The van der Waals surface area contributed by atoms with Crippen LogP contribution in [-0.2, 0) is 16.1 Å². The van der Waals surface area contributed by atoms with Crippen molar-refractivity contribution in [3.63, 3.8) is 0 Å². The van der Waals surface area contributed by atoms with Crippen molar-refractivity contribution in [1.29, 1.82) is 0 Å². The van der Waals surface area contributed by atoms with Crippen LogP contribution in [0.2, 0.25) is 0 Å². The first kappa shape index (κ1) is 32.5. The Morgan fingerprint density at radius 2 is 1.60 bits per heavy atom. The van der Waals surface area contributed by atoms with Gasteiger partial charge in [0.15, 0.2) is 0 Å². The number of nitrogen functional groups attached to an aromatic ring is 1. The minimum absolute atomic E-state index is 0.331. The van der Waals surface area contributed by atoms with E-state index in [1.165, 1.54) is 25.9 Å². The Kier molecular flexibility index (Phi) is 11.4. The van der Waals surface area contributed by atoms with E-state index < -0.39 is 24.3 Å². The standard InChI is InChI=1S/C18H28N8.2C2HF3O2/c1-14-3-2-8-24(11-14)12-15-13-26(23-22-15)16-5-9-25(10-6-16)17-4-7-20-18(19)21-17;2*3-2(4,5)1(6)7/h4,7,13-14,16H,2-3,5-6,8-12H2,1H3,(H2,19,20,21);2*(H,6,7). The topological polar surface area (TPSA) is 164 Å². The zero-order chi connectivity index (χ0) is 30.1. The molecular weight excluding hydrogens is 554 g/mol. The molecule has 0 radical (unpaired) electrons. The van der Waals surface area contributed by atoms with E-state index in [9.17, 15) is 26.3 Å². The third-order valence-corrected chi connectivity index (χ3v) is 5.99. The van der Waals surface area contributed by atoms with Crippen LogP contribution in [-0.4, -0.2) is 90.5 Å². The lowest BCUT2D eigenvalue weighted by Crippen LogP contribution is -2.35. The first-order valence-electron chi connectivity index (χ1n) is 12.1. The van der Waals surface area contributed by atoms with Crippen LogP contribution >= 0.6 is 0 Å². The van der Waals surface area contributed by atoms with Crippen molar-refractivity contribution >= 4 is 23.7 Å². The molecule has 0 amide bonds. The molecule has 2 aromatic rings. The Bertz CT molecular complexity index is 1080. The molecule has 4 heterocycles. The molecule has 4 rings (SSSR count). The van der Waals surface area contributed by atoms with Crippen LogP contribution in [0.1, 0.15) is 44.3 Å². The van der Waals surface area contributed by atoms with E-state index >= 15 is 0 Å². The van der Waals surface area contributed by atoms with Crippen LogP contribution in [0.5, 0.6) is 0 Å². The van der Waals surface area contributed by atoms with E-state index in [1.807, 2.05) is 6.07 Å². The summed E-state index contributed by atoms with van der Waals surface area (Å²) in [7, 11) is 0. The van der Waals surface area contributed by atoms with E-state index in [-0.39, 0.29) is 0 Å². The van der Waals surface area contributed by atoms with Gasteiger partial charge >= 0.3 is 24.3 Å². The van der Waals surface area contributed by atoms with Crippen LogP contribution in [0.25, 0.3) is 0 Å². The van der Waals surface area contributed by atoms with Crippen molar-refractivity contribution in [2.75, 3.05) is 36.8 Å². The summed E-state index contributed by atoms with van der Waals surface area (Å²) in [5.41, 5.74) is 6.78. The summed E-state index contributed by atoms with van der Waals surface area (Å²) in [4.78, 5) is 30.8. The number of carboxylic acid groups (broad SMARTS) is 2. The minimum atomic E-state index is -5.08. The zero-order valence-corrected chi connectivity index (χ0v) is 21.4. The van der Waals surface area contributed by atoms with Gasteiger partial charge in [-0.15, -0.1) is 5.10 Å². The first-order valence-corrected chi connectivity index (χ1v) is 12.1. The third-order valence-electron chi connectivity index (χ3n) is 5.99. The van der Waals surface area contributed by atoms with E-state index in [4.69, 9.17) is 25.5 Å². The maximum Gasteiger partial charge on any atom is 0.490 e. The Morgan fingerprint density at radius 3 is 2.10 bits per heavy atom. The highest BCUT2D eigenvalue weighted by atomic mass is 19.4. The summed E-state index contributed by atoms with van der Waals surface area (Å²) >= 11 is 0. The Morgan fingerprint density at radius 1 is 1.02 bits per heavy atom. The molecule has 2 aromatic heterocycles. The smallest absolute Gasteiger partial charge is 0.475 e. The van der Waals surface area contributed by atoms with Gasteiger partial charge in [-0.25, -0.2) is 19.3 Å². The molecule has 1 unspecified atom stereocenters. The van der Waals surface area contributed by atoms with E-state index in [0.717, 1.165) is 49.9 Å². The number of alkyl halides is 6. The second-order valence-electron chi connectivity index (χ2n) is 9.27. The van der Waals surface area contributed by atoms with Crippen LogP contribution < -0.4 is 10.6 Å². The van der Waals surface area contributed by atoms with Gasteiger partial charge in [-0.05, 0) is 44.2 Å². The molecule has 0 aliphatic carbocycles. The molecule has 4 N–H and O–H groups in total. The highest BCUT2D eigenvalue weighted by molar-refractivity contribution is 5.73. The number of nitrogens with zero attached hydrogens (tertiary/aromatic N) is 7. The Hall–Kier alpha value is -3.70. The molecule has 0 aromatic carbocycles. The van der Waals surface area contributed by atoms with Crippen molar-refractivity contribution in [3.8, 4) is 0 Å². The fraction of sp³-hybridized carbons (Fsp3) is 0.636. The van der Waals surface area contributed by atoms with Gasteiger partial charge in [-0.2, -0.15) is 31.3 Å². The van der Waals surface area contributed by atoms with Crippen LogP contribution in [0, 0.1) is 5.92 Å². The highest BCUT2D eigenvalue weighted by Crippen LogP contribution is 2.25. The zero-order valence-electron chi connectivity index (χ0n) is 21.4. The molecule has 0 saturated carbocycles. The van der Waals surface area contributed by atoms with Crippen molar-refractivity contribution in [3.05, 3.63) is 24.2 Å². The molecule has 2 aliphatic rings. The van der Waals surface area contributed by atoms with Crippen molar-refractivity contribution < 1.29 is 46.1 Å². The molecule has 40 heavy (non-hydrogen) atoms. The lowest BCUT2D eigenvalue weighted by Gasteiger charge is -2.32. The van der Waals surface area contributed by atoms with Crippen LogP contribution in [0.15, 0.2) is 18.5 Å². The monoisotopic (exact) mass is 584 g/mol. The predicted octanol–water partition coefficient (Wildman–Crippen LogP) is 2.99. The van der Waals surface area contributed by atoms with Gasteiger partial charge in [-0.3, -0.25) is 4.90 Å². The molecule has 18 heteroatoms. The van der Waals surface area contributed by atoms with Gasteiger partial charge in [0.05, 0.1) is 17.9 Å². The van der Waals surface area contributed by atoms with Gasteiger partial charge in [0.25, 0.3) is 0 Å². The summed E-state index contributed by atoms with van der Waals surface area (Å²) in [6.45, 7) is 7.50. The summed E-state index contributed by atoms with van der Waals surface area (Å²) in [6, 6.07) is 2.33. The molecule has 2 saturated heterocycles. The molecule has 2 fully saturated rings. The van der Waals surface area contributed by atoms with E-state index in [2.05, 4.69) is 47.9 Å². The average Bonchev–Trinajstić information content (AvgIpc) is 3.32. The summed E-state index contributed by atoms with van der Waals surface area (Å²) in [6.07, 6.45) is -1.60. The lowest BCUT2D eigenvalue weighted by molar-refractivity contribution is -0.193. The van der Waals surface area contributed by atoms with E-state index in [1.54, 1.807) is 6.20 Å². The number of hydrogen-bond donors (Lipinski definition) is 3. The molecule has 1 atom stereocenters. The second kappa shape index (κ2) is 14.1. The van der Waals surface area contributed by atoms with Gasteiger partial charge in [0.2, 0.25) is 5.95 Å². The number of halogens is 6. The second-order valence-corrected chi connectivity index (χ2v) is 9.27. The SMILES string of the molecule is CC1CCCN(Cc2cn(C3CCN(c4ccnc(N)n4)CC3)nn2)C1.O=C(O)C(F)(F)F.O=C(O)C(F)(F)F. The first-order chi connectivity index (χ1) is 18.6. The fourth-order valence-electron chi connectivity index (χ4n) is 4.12. The average molecular weight is 585 g/mol. The van der Waals surface area contributed by atoms with Gasteiger partial charge < -0.3 is 20.8 Å². The van der Waals surface area contributed by atoms with Gasteiger partial charge in [-0.1, -0.05) is 12.1 Å². The molecule has 0 bridgehead atoms. The van der Waals surface area contributed by atoms with Crippen molar-refractivity contribution in [2.24, 2.45) is 5.92 Å². The maximum absolute atomic E-state index is 10.6. The van der Waals surface area contributed by atoms with Crippen LogP contribution in [0.3, 0.4) is 0 Å². The number of carbonyl (C=O) groups is 2. The number of nitrogens with two attached hydrogens (primary N) is 1. The number of hydrogen-bond acceptors (Lipinski definition) is 9. The molecular formula is C22H30F6N8O4. The largest absolute Gasteiger partial charge is 0.490 e. The molecule has 224 valence electrons. The fourth-order valence-corrected chi connectivity index (χ4v) is 4.12. The summed E-state index contributed by atoms with van der Waals surface area (Å²) < 4.78 is 65.5. The number of aromatic nitrogens is 5. The Balaban J connectivity index is 0.000000333. The van der Waals surface area contributed by atoms with Gasteiger partial charge in [0.1, 0.15) is 5.82 Å². The van der Waals surface area contributed by atoms with Crippen LogP contribution in [0.4, 0.5) is 38.1 Å². The van der Waals surface area contributed by atoms with Crippen molar-refractivity contribution in [1.82, 2.24) is 29.9 Å². The van der Waals surface area contributed by atoms with Crippen molar-refractivity contribution in [2.45, 2.75) is 57.5 Å².